The number of pyridine rings is 1. The Morgan fingerprint density at radius 2 is 2.16 bits per heavy atom. The van der Waals surface area contributed by atoms with Crippen molar-refractivity contribution in [1.29, 1.82) is 0 Å². The first kappa shape index (κ1) is 18.9. The standard InChI is InChI=1S/C17H23N3O5/c1-11-3-4-13(15(21)19-7-8-25-2)10-20(11)16(22)14-9-12(17(23)24)5-6-18-14/h5-6,9,11,13H,3-4,7-8,10H2,1-2H3,(H,19,21)(H,23,24). The Morgan fingerprint density at radius 1 is 1.40 bits per heavy atom. The van der Waals surface area contributed by atoms with Gasteiger partial charge in [-0.25, -0.2) is 4.79 Å². The number of aromatic carboxylic acids is 1. The number of ether oxygens (including phenoxy) is 1. The molecule has 1 aliphatic heterocycles. The minimum absolute atomic E-state index is 0.0110. The summed E-state index contributed by atoms with van der Waals surface area (Å²) < 4.78 is 4.91. The fourth-order valence-corrected chi connectivity index (χ4v) is 2.85. The van der Waals surface area contributed by atoms with Gasteiger partial charge < -0.3 is 20.1 Å². The number of aromatic nitrogens is 1. The van der Waals surface area contributed by atoms with Crippen LogP contribution in [0.25, 0.3) is 0 Å². The molecule has 0 aromatic carbocycles. The van der Waals surface area contributed by atoms with Crippen molar-refractivity contribution in [3.05, 3.63) is 29.6 Å². The number of hydrogen-bond donors (Lipinski definition) is 2. The molecule has 0 bridgehead atoms. The third kappa shape index (κ3) is 4.76. The van der Waals surface area contributed by atoms with Gasteiger partial charge in [0.25, 0.3) is 5.91 Å². The number of likely N-dealkylation sites (tertiary alicyclic amines) is 1. The highest BCUT2D eigenvalue weighted by Gasteiger charge is 2.33. The van der Waals surface area contributed by atoms with E-state index in [-0.39, 0.29) is 41.6 Å². The summed E-state index contributed by atoms with van der Waals surface area (Å²) in [5.41, 5.74) is 0.0871. The van der Waals surface area contributed by atoms with E-state index in [1.807, 2.05) is 6.92 Å². The summed E-state index contributed by atoms with van der Waals surface area (Å²) in [7, 11) is 1.56. The number of rotatable bonds is 6. The number of carboxylic acid groups (broad SMARTS) is 1. The fraction of sp³-hybridized carbons (Fsp3) is 0.529. The van der Waals surface area contributed by atoms with Crippen molar-refractivity contribution in [3.8, 4) is 0 Å². The van der Waals surface area contributed by atoms with E-state index in [2.05, 4.69) is 10.3 Å². The maximum Gasteiger partial charge on any atom is 0.335 e. The van der Waals surface area contributed by atoms with Crippen molar-refractivity contribution < 1.29 is 24.2 Å². The van der Waals surface area contributed by atoms with Crippen molar-refractivity contribution in [3.63, 3.8) is 0 Å². The molecule has 2 rings (SSSR count). The van der Waals surface area contributed by atoms with Crippen LogP contribution in [0.1, 0.15) is 40.6 Å². The second kappa shape index (κ2) is 8.57. The van der Waals surface area contributed by atoms with Gasteiger partial charge in [0.2, 0.25) is 5.91 Å². The zero-order chi connectivity index (χ0) is 18.4. The van der Waals surface area contributed by atoms with Crippen LogP contribution in [0.5, 0.6) is 0 Å². The summed E-state index contributed by atoms with van der Waals surface area (Å²) in [6.07, 6.45) is 2.71. The lowest BCUT2D eigenvalue weighted by molar-refractivity contribution is -0.126. The maximum atomic E-state index is 12.7. The summed E-state index contributed by atoms with van der Waals surface area (Å²) >= 11 is 0. The second-order valence-electron chi connectivity index (χ2n) is 6.10. The minimum atomic E-state index is -1.11. The molecule has 2 amide bonds. The molecular weight excluding hydrogens is 326 g/mol. The number of carbonyl (C=O) groups is 3. The van der Waals surface area contributed by atoms with Gasteiger partial charge in [-0.1, -0.05) is 0 Å². The molecule has 8 heteroatoms. The smallest absolute Gasteiger partial charge is 0.335 e. The highest BCUT2D eigenvalue weighted by molar-refractivity contribution is 5.96. The molecule has 0 spiro atoms. The maximum absolute atomic E-state index is 12.7. The Labute approximate surface area is 146 Å². The Morgan fingerprint density at radius 3 is 2.84 bits per heavy atom. The van der Waals surface area contributed by atoms with Crippen LogP contribution in [0.3, 0.4) is 0 Å². The summed E-state index contributed by atoms with van der Waals surface area (Å²) in [6, 6.07) is 2.57. The topological polar surface area (TPSA) is 109 Å². The van der Waals surface area contributed by atoms with Crippen LogP contribution < -0.4 is 5.32 Å². The van der Waals surface area contributed by atoms with Gasteiger partial charge in [-0.15, -0.1) is 0 Å². The van der Waals surface area contributed by atoms with Crippen molar-refractivity contribution in [2.75, 3.05) is 26.8 Å². The van der Waals surface area contributed by atoms with Crippen molar-refractivity contribution in [2.24, 2.45) is 5.92 Å². The molecule has 1 fully saturated rings. The number of piperidine rings is 1. The van der Waals surface area contributed by atoms with Gasteiger partial charge in [-0.05, 0) is 31.9 Å². The van der Waals surface area contributed by atoms with Gasteiger partial charge in [0, 0.05) is 32.4 Å². The predicted octanol–water partition coefficient (Wildman–Crippen LogP) is 0.783. The Bertz CT molecular complexity index is 649. The van der Waals surface area contributed by atoms with E-state index >= 15 is 0 Å². The lowest BCUT2D eigenvalue weighted by Crippen LogP contribution is -2.49. The molecular formula is C17H23N3O5. The number of carboxylic acids is 1. The second-order valence-corrected chi connectivity index (χ2v) is 6.10. The van der Waals surface area contributed by atoms with Crippen molar-refractivity contribution in [2.45, 2.75) is 25.8 Å². The number of hydrogen-bond acceptors (Lipinski definition) is 5. The van der Waals surface area contributed by atoms with E-state index in [0.29, 0.717) is 26.0 Å². The first-order valence-electron chi connectivity index (χ1n) is 8.21. The average Bonchev–Trinajstić information content (AvgIpc) is 2.61. The van der Waals surface area contributed by atoms with E-state index in [1.165, 1.54) is 18.3 Å². The van der Waals surface area contributed by atoms with Gasteiger partial charge >= 0.3 is 5.97 Å². The first-order valence-corrected chi connectivity index (χ1v) is 8.21. The summed E-state index contributed by atoms with van der Waals surface area (Å²) in [5.74, 6) is -1.86. The van der Waals surface area contributed by atoms with Gasteiger partial charge in [-0.2, -0.15) is 0 Å². The van der Waals surface area contributed by atoms with Gasteiger partial charge in [0.15, 0.2) is 0 Å². The number of nitrogens with zero attached hydrogens (tertiary/aromatic N) is 2. The molecule has 0 saturated carbocycles. The quantitative estimate of drug-likeness (QED) is 0.735. The molecule has 136 valence electrons. The predicted molar refractivity (Wildman–Crippen MR) is 89.3 cm³/mol. The number of methoxy groups -OCH3 is 1. The molecule has 2 unspecified atom stereocenters. The molecule has 1 saturated heterocycles. The van der Waals surface area contributed by atoms with E-state index in [1.54, 1.807) is 12.0 Å². The van der Waals surface area contributed by atoms with Crippen LogP contribution in [0.2, 0.25) is 0 Å². The Kier molecular flexibility index (Phi) is 6.46. The Hall–Kier alpha value is -2.48. The molecule has 8 nitrogen and oxygen atoms in total. The minimum Gasteiger partial charge on any atom is -0.478 e. The molecule has 2 heterocycles. The highest BCUT2D eigenvalue weighted by atomic mass is 16.5. The molecule has 2 atom stereocenters. The summed E-state index contributed by atoms with van der Waals surface area (Å²) in [4.78, 5) is 41.6. The normalized spacial score (nSPS) is 20.2. The van der Waals surface area contributed by atoms with E-state index in [0.717, 1.165) is 0 Å². The molecule has 0 aliphatic carbocycles. The zero-order valence-corrected chi connectivity index (χ0v) is 14.4. The first-order chi connectivity index (χ1) is 11.9. The molecule has 0 radical (unpaired) electrons. The van der Waals surface area contributed by atoms with Crippen LogP contribution in [-0.2, 0) is 9.53 Å². The zero-order valence-electron chi connectivity index (χ0n) is 14.4. The van der Waals surface area contributed by atoms with Crippen LogP contribution >= 0.6 is 0 Å². The molecule has 1 aromatic heterocycles. The lowest BCUT2D eigenvalue weighted by atomic mass is 9.92. The van der Waals surface area contributed by atoms with Gasteiger partial charge in [0.1, 0.15) is 5.69 Å². The Balaban J connectivity index is 2.08. The molecule has 25 heavy (non-hydrogen) atoms. The molecule has 1 aliphatic rings. The van der Waals surface area contributed by atoms with E-state index < -0.39 is 5.97 Å². The van der Waals surface area contributed by atoms with Crippen LogP contribution in [0, 0.1) is 5.92 Å². The average molecular weight is 349 g/mol. The van der Waals surface area contributed by atoms with Gasteiger partial charge in [0.05, 0.1) is 18.1 Å². The van der Waals surface area contributed by atoms with Crippen LogP contribution in [0.15, 0.2) is 18.3 Å². The van der Waals surface area contributed by atoms with E-state index in [4.69, 9.17) is 9.84 Å². The number of nitrogens with one attached hydrogen (secondary N) is 1. The summed E-state index contributed by atoms with van der Waals surface area (Å²) in [5, 5.41) is 11.9. The van der Waals surface area contributed by atoms with Gasteiger partial charge in [-0.3, -0.25) is 14.6 Å². The lowest BCUT2D eigenvalue weighted by Gasteiger charge is -2.37. The fourth-order valence-electron chi connectivity index (χ4n) is 2.85. The van der Waals surface area contributed by atoms with Crippen LogP contribution in [-0.4, -0.2) is 65.6 Å². The van der Waals surface area contributed by atoms with Crippen molar-refractivity contribution >= 4 is 17.8 Å². The SMILES string of the molecule is COCCNC(=O)C1CCC(C)N(C(=O)c2cc(C(=O)O)ccn2)C1. The molecule has 1 aromatic rings. The largest absolute Gasteiger partial charge is 0.478 e. The number of carbonyl (C=O) groups excluding carboxylic acids is 2. The van der Waals surface area contributed by atoms with Crippen LogP contribution in [0.4, 0.5) is 0 Å². The van der Waals surface area contributed by atoms with E-state index in [9.17, 15) is 14.4 Å². The summed E-state index contributed by atoms with van der Waals surface area (Å²) in [6.45, 7) is 3.07. The monoisotopic (exact) mass is 349 g/mol. The van der Waals surface area contributed by atoms with Crippen molar-refractivity contribution in [1.82, 2.24) is 15.2 Å². The third-order valence-electron chi connectivity index (χ3n) is 4.35. The molecule has 2 N–H and O–H groups in total. The third-order valence-corrected chi connectivity index (χ3v) is 4.35. The highest BCUT2D eigenvalue weighted by Crippen LogP contribution is 2.23. The number of amides is 2.